The molecule has 3 rings (SSSR count). The van der Waals surface area contributed by atoms with E-state index in [1.165, 1.54) is 26.2 Å². The quantitative estimate of drug-likeness (QED) is 0.752. The number of anilines is 2. The monoisotopic (exact) mass is 417 g/mol. The average Bonchev–Trinajstić information content (AvgIpc) is 3.22. The Bertz CT molecular complexity index is 1010. The Morgan fingerprint density at radius 2 is 1.62 bits per heavy atom. The van der Waals surface area contributed by atoms with Crippen LogP contribution in [0.5, 0.6) is 5.75 Å². The minimum atomic E-state index is -3.98. The van der Waals surface area contributed by atoms with Gasteiger partial charge >= 0.3 is 0 Å². The molecule has 0 aromatic heterocycles. The van der Waals surface area contributed by atoms with E-state index in [2.05, 4.69) is 10.0 Å². The molecule has 1 saturated heterocycles. The van der Waals surface area contributed by atoms with Crippen LogP contribution in [-0.2, 0) is 14.8 Å². The highest BCUT2D eigenvalue weighted by molar-refractivity contribution is 7.92. The molecule has 9 heteroatoms. The number of sulfonamides is 1. The maximum absolute atomic E-state index is 12.9. The summed E-state index contributed by atoms with van der Waals surface area (Å²) in [6.07, 6.45) is 2.01. The van der Waals surface area contributed by atoms with Gasteiger partial charge in [-0.2, -0.15) is 0 Å². The van der Waals surface area contributed by atoms with Gasteiger partial charge in [0.15, 0.2) is 0 Å². The zero-order valence-electron chi connectivity index (χ0n) is 16.3. The highest BCUT2D eigenvalue weighted by Gasteiger charge is 2.22. The fourth-order valence-corrected chi connectivity index (χ4v) is 4.42. The van der Waals surface area contributed by atoms with E-state index in [4.69, 9.17) is 4.74 Å². The smallest absolute Gasteiger partial charge is 0.265 e. The third kappa shape index (κ3) is 4.86. The molecular weight excluding hydrogens is 394 g/mol. The number of rotatable bonds is 6. The third-order valence-electron chi connectivity index (χ3n) is 4.55. The van der Waals surface area contributed by atoms with Gasteiger partial charge in [-0.15, -0.1) is 0 Å². The van der Waals surface area contributed by atoms with Crippen molar-refractivity contribution < 1.29 is 22.7 Å². The molecule has 1 fully saturated rings. The maximum Gasteiger partial charge on any atom is 0.265 e. The second-order valence-corrected chi connectivity index (χ2v) is 8.38. The lowest BCUT2D eigenvalue weighted by atomic mass is 10.2. The fourth-order valence-electron chi connectivity index (χ4n) is 3.16. The van der Waals surface area contributed by atoms with Crippen molar-refractivity contribution in [1.29, 1.82) is 0 Å². The van der Waals surface area contributed by atoms with Crippen LogP contribution in [0, 0.1) is 0 Å². The normalized spacial score (nSPS) is 13.8. The zero-order chi connectivity index (χ0) is 21.0. The molecule has 8 nitrogen and oxygen atoms in total. The summed E-state index contributed by atoms with van der Waals surface area (Å²) in [5.41, 5.74) is 1.17. The number of carbonyl (C=O) groups is 2. The van der Waals surface area contributed by atoms with E-state index in [9.17, 15) is 18.0 Å². The van der Waals surface area contributed by atoms with Crippen molar-refractivity contribution >= 4 is 33.2 Å². The van der Waals surface area contributed by atoms with Crippen LogP contribution < -0.4 is 14.8 Å². The zero-order valence-corrected chi connectivity index (χ0v) is 17.1. The van der Waals surface area contributed by atoms with E-state index >= 15 is 0 Å². The van der Waals surface area contributed by atoms with Gasteiger partial charge in [-0.3, -0.25) is 14.3 Å². The van der Waals surface area contributed by atoms with Crippen LogP contribution >= 0.6 is 0 Å². The van der Waals surface area contributed by atoms with Crippen molar-refractivity contribution in [2.75, 3.05) is 30.2 Å². The molecule has 1 heterocycles. The van der Waals surface area contributed by atoms with Gasteiger partial charge in [-0.05, 0) is 55.3 Å². The van der Waals surface area contributed by atoms with E-state index in [0.29, 0.717) is 16.9 Å². The van der Waals surface area contributed by atoms with Gasteiger partial charge < -0.3 is 15.0 Å². The molecule has 0 atom stereocenters. The van der Waals surface area contributed by atoms with Crippen molar-refractivity contribution in [3.8, 4) is 5.75 Å². The average molecular weight is 417 g/mol. The molecule has 154 valence electrons. The lowest BCUT2D eigenvalue weighted by Gasteiger charge is -2.16. The first-order valence-electron chi connectivity index (χ1n) is 9.18. The van der Waals surface area contributed by atoms with Gasteiger partial charge in [0.05, 0.1) is 7.11 Å². The highest BCUT2D eigenvalue weighted by atomic mass is 32.2. The van der Waals surface area contributed by atoms with Crippen molar-refractivity contribution in [3.05, 3.63) is 48.0 Å². The Morgan fingerprint density at radius 3 is 2.21 bits per heavy atom. The van der Waals surface area contributed by atoms with Gasteiger partial charge in [-0.1, -0.05) is 0 Å². The molecule has 0 radical (unpaired) electrons. The summed E-state index contributed by atoms with van der Waals surface area (Å²) in [5, 5.41) is 2.55. The molecule has 2 amide bonds. The lowest BCUT2D eigenvalue weighted by Crippen LogP contribution is -2.27. The van der Waals surface area contributed by atoms with Crippen molar-refractivity contribution in [2.45, 2.75) is 24.7 Å². The summed E-state index contributed by atoms with van der Waals surface area (Å²) in [4.78, 5) is 25.4. The molecule has 1 aliphatic rings. The molecular formula is C20H23N3O5S. The predicted octanol–water partition coefficient (Wildman–Crippen LogP) is 2.69. The largest absolute Gasteiger partial charge is 0.495 e. The van der Waals surface area contributed by atoms with Gasteiger partial charge in [0.2, 0.25) is 5.91 Å². The number of benzene rings is 2. The Morgan fingerprint density at radius 1 is 1.00 bits per heavy atom. The second-order valence-electron chi connectivity index (χ2n) is 6.73. The van der Waals surface area contributed by atoms with Crippen molar-refractivity contribution in [2.24, 2.45) is 0 Å². The number of hydrogen-bond acceptors (Lipinski definition) is 5. The standard InChI is InChI=1S/C20H23N3O5S/c1-14(24)21-17-9-10-18(28-2)19(13-17)29(26,27)22-16-7-5-15(6-8-16)20(25)23-11-3-4-12-23/h5-10,13,22H,3-4,11-12H2,1-2H3,(H,21,24). The molecule has 0 saturated carbocycles. The third-order valence-corrected chi connectivity index (χ3v) is 5.95. The summed E-state index contributed by atoms with van der Waals surface area (Å²) < 4.78 is 33.4. The summed E-state index contributed by atoms with van der Waals surface area (Å²) in [6, 6.07) is 10.6. The first kappa shape index (κ1) is 20.7. The Labute approximate surface area is 169 Å². The number of hydrogen-bond donors (Lipinski definition) is 2. The number of likely N-dealkylation sites (tertiary alicyclic amines) is 1. The maximum atomic E-state index is 12.9. The van der Waals surface area contributed by atoms with E-state index in [-0.39, 0.29) is 22.5 Å². The van der Waals surface area contributed by atoms with Crippen LogP contribution in [0.1, 0.15) is 30.1 Å². The molecule has 2 N–H and O–H groups in total. The number of carbonyl (C=O) groups excluding carboxylic acids is 2. The lowest BCUT2D eigenvalue weighted by molar-refractivity contribution is -0.114. The molecule has 0 spiro atoms. The molecule has 0 bridgehead atoms. The Kier molecular flexibility index (Phi) is 6.07. The minimum Gasteiger partial charge on any atom is -0.495 e. The van der Waals surface area contributed by atoms with Crippen molar-refractivity contribution in [3.63, 3.8) is 0 Å². The summed E-state index contributed by atoms with van der Waals surface area (Å²) >= 11 is 0. The topological polar surface area (TPSA) is 105 Å². The number of nitrogens with zero attached hydrogens (tertiary/aromatic N) is 1. The van der Waals surface area contributed by atoms with E-state index in [0.717, 1.165) is 25.9 Å². The molecule has 0 aliphatic carbocycles. The summed E-state index contributed by atoms with van der Waals surface area (Å²) in [6.45, 7) is 2.83. The second kappa shape index (κ2) is 8.52. The van der Waals surface area contributed by atoms with Crippen LogP contribution in [0.2, 0.25) is 0 Å². The van der Waals surface area contributed by atoms with Gasteiger partial charge in [0.25, 0.3) is 15.9 Å². The number of ether oxygens (including phenoxy) is 1. The SMILES string of the molecule is COc1ccc(NC(C)=O)cc1S(=O)(=O)Nc1ccc(C(=O)N2CCCC2)cc1. The molecule has 1 aliphatic heterocycles. The van der Waals surface area contributed by atoms with Crippen molar-refractivity contribution in [1.82, 2.24) is 4.90 Å². The van der Waals surface area contributed by atoms with Crippen LogP contribution in [0.4, 0.5) is 11.4 Å². The van der Waals surface area contributed by atoms with E-state index in [1.807, 2.05) is 0 Å². The molecule has 2 aromatic carbocycles. The highest BCUT2D eigenvalue weighted by Crippen LogP contribution is 2.29. The Hall–Kier alpha value is -3.07. The molecule has 0 unspecified atom stereocenters. The van der Waals surface area contributed by atoms with Gasteiger partial charge in [-0.25, -0.2) is 8.42 Å². The summed E-state index contributed by atoms with van der Waals surface area (Å²) in [7, 11) is -2.62. The van der Waals surface area contributed by atoms with Gasteiger partial charge in [0, 0.05) is 37.0 Å². The predicted molar refractivity (Wildman–Crippen MR) is 110 cm³/mol. The minimum absolute atomic E-state index is 0.0541. The molecule has 29 heavy (non-hydrogen) atoms. The number of nitrogens with one attached hydrogen (secondary N) is 2. The van der Waals surface area contributed by atoms with Crippen LogP contribution in [0.25, 0.3) is 0 Å². The summed E-state index contributed by atoms with van der Waals surface area (Å²) in [5.74, 6) is -0.223. The molecule has 2 aromatic rings. The number of methoxy groups -OCH3 is 1. The number of amides is 2. The van der Waals surface area contributed by atoms with Crippen LogP contribution in [0.15, 0.2) is 47.4 Å². The fraction of sp³-hybridized carbons (Fsp3) is 0.300. The van der Waals surface area contributed by atoms with Crippen LogP contribution in [0.3, 0.4) is 0 Å². The Balaban J connectivity index is 1.81. The first-order valence-corrected chi connectivity index (χ1v) is 10.7. The van der Waals surface area contributed by atoms with E-state index < -0.39 is 10.0 Å². The first-order chi connectivity index (χ1) is 13.8. The van der Waals surface area contributed by atoms with E-state index in [1.54, 1.807) is 35.2 Å². The van der Waals surface area contributed by atoms with Crippen LogP contribution in [-0.4, -0.2) is 45.3 Å². The van der Waals surface area contributed by atoms with Gasteiger partial charge in [0.1, 0.15) is 10.6 Å².